The van der Waals surface area contributed by atoms with Gasteiger partial charge in [0.25, 0.3) is 0 Å². The second-order valence-electron chi connectivity index (χ2n) is 4.33. The summed E-state index contributed by atoms with van der Waals surface area (Å²) in [6.45, 7) is 4.22. The molecule has 0 amide bonds. The molecule has 0 bridgehead atoms. The quantitative estimate of drug-likeness (QED) is 0.684. The van der Waals surface area contributed by atoms with Crippen molar-refractivity contribution >= 4 is 26.8 Å². The van der Waals surface area contributed by atoms with Crippen molar-refractivity contribution in [2.24, 2.45) is 0 Å². The fourth-order valence-electron chi connectivity index (χ4n) is 2.07. The highest BCUT2D eigenvalue weighted by atomic mass is 79.9. The van der Waals surface area contributed by atoms with Gasteiger partial charge in [0.05, 0.1) is 23.6 Å². The first-order valence-corrected chi connectivity index (χ1v) is 6.51. The zero-order valence-corrected chi connectivity index (χ0v) is 11.8. The Kier molecular flexibility index (Phi) is 2.67. The number of hydrogen-bond acceptors (Lipinski definition) is 2. The average molecular weight is 302 g/mol. The van der Waals surface area contributed by atoms with Gasteiger partial charge in [0.15, 0.2) is 0 Å². The van der Waals surface area contributed by atoms with Gasteiger partial charge in [0.1, 0.15) is 0 Å². The molecule has 4 heteroatoms. The van der Waals surface area contributed by atoms with Crippen LogP contribution in [0.2, 0.25) is 0 Å². The van der Waals surface area contributed by atoms with Crippen LogP contribution in [0, 0.1) is 13.8 Å². The molecule has 0 aliphatic rings. The van der Waals surface area contributed by atoms with E-state index in [2.05, 4.69) is 58.1 Å². The molecule has 0 spiro atoms. The lowest BCUT2D eigenvalue weighted by molar-refractivity contribution is 0.897. The summed E-state index contributed by atoms with van der Waals surface area (Å²) in [6.07, 6.45) is 5.50. The van der Waals surface area contributed by atoms with Gasteiger partial charge in [0, 0.05) is 16.1 Å². The second-order valence-corrected chi connectivity index (χ2v) is 5.18. The highest BCUT2D eigenvalue weighted by Gasteiger charge is 2.10. The molecule has 0 radical (unpaired) electrons. The smallest absolute Gasteiger partial charge is 0.0935 e. The maximum absolute atomic E-state index is 4.47. The molecule has 0 atom stereocenters. The van der Waals surface area contributed by atoms with Crippen LogP contribution >= 0.6 is 15.9 Å². The topological polar surface area (TPSA) is 30.7 Å². The molecule has 0 unspecified atom stereocenters. The monoisotopic (exact) mass is 301 g/mol. The minimum atomic E-state index is 0.969. The van der Waals surface area contributed by atoms with E-state index in [4.69, 9.17) is 0 Å². The molecule has 0 saturated heterocycles. The number of pyridine rings is 1. The summed E-state index contributed by atoms with van der Waals surface area (Å²) in [6, 6.07) is 6.24. The summed E-state index contributed by atoms with van der Waals surface area (Å²) < 4.78 is 2.91. The molecule has 3 nitrogen and oxygen atoms in total. The molecule has 3 aromatic rings. The van der Waals surface area contributed by atoms with Crippen LogP contribution in [-0.2, 0) is 0 Å². The summed E-state index contributed by atoms with van der Waals surface area (Å²) in [4.78, 5) is 4.22. The van der Waals surface area contributed by atoms with Crippen LogP contribution in [0.3, 0.4) is 0 Å². The van der Waals surface area contributed by atoms with E-state index in [0.717, 1.165) is 21.1 Å². The van der Waals surface area contributed by atoms with Crippen molar-refractivity contribution in [2.45, 2.75) is 13.8 Å². The van der Waals surface area contributed by atoms with Crippen LogP contribution in [0.25, 0.3) is 16.6 Å². The van der Waals surface area contributed by atoms with Crippen molar-refractivity contribution in [3.63, 3.8) is 0 Å². The highest BCUT2D eigenvalue weighted by Crippen LogP contribution is 2.26. The number of benzene rings is 1. The zero-order chi connectivity index (χ0) is 12.7. The second kappa shape index (κ2) is 4.21. The van der Waals surface area contributed by atoms with Crippen LogP contribution in [0.5, 0.6) is 0 Å². The standard InChI is InChI=1S/C14H12BrN3/c1-9-4-3-5-13(10(9)2)18-14-8-16-7-12(15)11(14)6-17-18/h3-8H,1-2H3. The van der Waals surface area contributed by atoms with E-state index in [9.17, 15) is 0 Å². The van der Waals surface area contributed by atoms with E-state index >= 15 is 0 Å². The Hall–Kier alpha value is -1.68. The first-order chi connectivity index (χ1) is 8.68. The van der Waals surface area contributed by atoms with E-state index in [1.54, 1.807) is 6.20 Å². The van der Waals surface area contributed by atoms with Crippen LogP contribution < -0.4 is 0 Å². The van der Waals surface area contributed by atoms with Gasteiger partial charge in [-0.15, -0.1) is 0 Å². The molecule has 18 heavy (non-hydrogen) atoms. The number of hydrogen-bond donors (Lipinski definition) is 0. The van der Waals surface area contributed by atoms with Crippen LogP contribution in [0.4, 0.5) is 0 Å². The van der Waals surface area contributed by atoms with E-state index in [0.29, 0.717) is 0 Å². The average Bonchev–Trinajstić information content (AvgIpc) is 2.78. The Bertz CT molecular complexity index is 731. The molecule has 0 N–H and O–H groups in total. The molecule has 2 aromatic heterocycles. The maximum atomic E-state index is 4.47. The molecule has 2 heterocycles. The van der Waals surface area contributed by atoms with Crippen molar-refractivity contribution in [1.82, 2.24) is 14.8 Å². The Labute approximate surface area is 114 Å². The van der Waals surface area contributed by atoms with E-state index in [1.165, 1.54) is 11.1 Å². The molecule has 90 valence electrons. The van der Waals surface area contributed by atoms with Gasteiger partial charge in [-0.1, -0.05) is 12.1 Å². The zero-order valence-electron chi connectivity index (χ0n) is 10.2. The van der Waals surface area contributed by atoms with Gasteiger partial charge in [-0.3, -0.25) is 4.98 Å². The van der Waals surface area contributed by atoms with Crippen molar-refractivity contribution in [2.75, 3.05) is 0 Å². The summed E-state index contributed by atoms with van der Waals surface area (Å²) in [5.41, 5.74) is 4.62. The molecule has 1 aromatic carbocycles. The third kappa shape index (κ3) is 1.64. The Balaban J connectivity index is 2.33. The van der Waals surface area contributed by atoms with Gasteiger partial charge in [-0.05, 0) is 47.0 Å². The Morgan fingerprint density at radius 2 is 1.94 bits per heavy atom. The van der Waals surface area contributed by atoms with Gasteiger partial charge in [-0.2, -0.15) is 5.10 Å². The molecule has 0 saturated carbocycles. The maximum Gasteiger partial charge on any atom is 0.0935 e. The fourth-order valence-corrected chi connectivity index (χ4v) is 2.49. The SMILES string of the molecule is Cc1cccc(-n2ncc3c(Br)cncc32)c1C. The van der Waals surface area contributed by atoms with Crippen molar-refractivity contribution in [3.05, 3.63) is 52.4 Å². The van der Waals surface area contributed by atoms with Crippen LogP contribution in [0.1, 0.15) is 11.1 Å². The third-order valence-corrected chi connectivity index (χ3v) is 3.88. The highest BCUT2D eigenvalue weighted by molar-refractivity contribution is 9.10. The molecular weight excluding hydrogens is 290 g/mol. The van der Waals surface area contributed by atoms with Crippen molar-refractivity contribution < 1.29 is 0 Å². The van der Waals surface area contributed by atoms with Gasteiger partial charge < -0.3 is 0 Å². The molecule has 0 aliphatic heterocycles. The fraction of sp³-hybridized carbons (Fsp3) is 0.143. The van der Waals surface area contributed by atoms with E-state index < -0.39 is 0 Å². The predicted octanol–water partition coefficient (Wildman–Crippen LogP) is 3.80. The van der Waals surface area contributed by atoms with E-state index in [1.807, 2.05) is 17.1 Å². The molecule has 3 rings (SSSR count). The Morgan fingerprint density at radius 3 is 2.78 bits per heavy atom. The summed E-state index contributed by atoms with van der Waals surface area (Å²) in [7, 11) is 0. The van der Waals surface area contributed by atoms with Gasteiger partial charge in [-0.25, -0.2) is 4.68 Å². The van der Waals surface area contributed by atoms with Gasteiger partial charge in [0.2, 0.25) is 0 Å². The number of aryl methyl sites for hydroxylation is 1. The van der Waals surface area contributed by atoms with Crippen LogP contribution in [0.15, 0.2) is 41.3 Å². The third-order valence-electron chi connectivity index (χ3n) is 3.25. The minimum Gasteiger partial charge on any atom is -0.261 e. The molecule has 0 aliphatic carbocycles. The molecule has 0 fully saturated rings. The number of rotatable bonds is 1. The summed E-state index contributed by atoms with van der Waals surface area (Å²) >= 11 is 3.50. The first-order valence-electron chi connectivity index (χ1n) is 5.72. The first kappa shape index (κ1) is 11.4. The number of halogens is 1. The minimum absolute atomic E-state index is 0.969. The van der Waals surface area contributed by atoms with E-state index in [-0.39, 0.29) is 0 Å². The number of nitrogens with zero attached hydrogens (tertiary/aromatic N) is 3. The lowest BCUT2D eigenvalue weighted by Gasteiger charge is -2.09. The lowest BCUT2D eigenvalue weighted by atomic mass is 10.1. The lowest BCUT2D eigenvalue weighted by Crippen LogP contribution is -2.00. The number of aromatic nitrogens is 3. The summed E-state index contributed by atoms with van der Waals surface area (Å²) in [5.74, 6) is 0. The van der Waals surface area contributed by atoms with Crippen molar-refractivity contribution in [3.8, 4) is 5.69 Å². The van der Waals surface area contributed by atoms with Crippen LogP contribution in [-0.4, -0.2) is 14.8 Å². The predicted molar refractivity (Wildman–Crippen MR) is 76.0 cm³/mol. The Morgan fingerprint density at radius 1 is 1.11 bits per heavy atom. The summed E-state index contributed by atoms with van der Waals surface area (Å²) in [5, 5.41) is 5.55. The number of fused-ring (bicyclic) bond motifs is 1. The normalized spacial score (nSPS) is 11.1. The molecular formula is C14H12BrN3. The largest absolute Gasteiger partial charge is 0.261 e. The van der Waals surface area contributed by atoms with Gasteiger partial charge >= 0.3 is 0 Å². The van der Waals surface area contributed by atoms with Crippen molar-refractivity contribution in [1.29, 1.82) is 0 Å².